The van der Waals surface area contributed by atoms with Crippen LogP contribution in [0.25, 0.3) is 0 Å². The lowest BCUT2D eigenvalue weighted by Crippen LogP contribution is -2.48. The normalized spacial score (nSPS) is 15.5. The van der Waals surface area contributed by atoms with E-state index in [9.17, 15) is 14.4 Å². The van der Waals surface area contributed by atoms with Gasteiger partial charge in [-0.15, -0.1) is 0 Å². The lowest BCUT2D eigenvalue weighted by molar-refractivity contribution is -0.142. The number of carbonyl (C=O) groups is 3. The van der Waals surface area contributed by atoms with Crippen molar-refractivity contribution in [2.75, 3.05) is 13.7 Å². The van der Waals surface area contributed by atoms with Crippen molar-refractivity contribution < 1.29 is 24.2 Å². The molecule has 0 aliphatic heterocycles. The maximum atomic E-state index is 11.9. The van der Waals surface area contributed by atoms with Gasteiger partial charge in [0.05, 0.1) is 7.11 Å². The maximum absolute atomic E-state index is 11.9. The topological polar surface area (TPSA) is 95.9 Å². The highest BCUT2D eigenvalue weighted by Crippen LogP contribution is 2.26. The van der Waals surface area contributed by atoms with Crippen LogP contribution in [0.5, 0.6) is 0 Å². The van der Waals surface area contributed by atoms with E-state index in [1.54, 1.807) is 4.90 Å². The molecule has 0 unspecified atom stereocenters. The molecule has 0 saturated heterocycles. The van der Waals surface area contributed by atoms with Crippen molar-refractivity contribution in [3.05, 3.63) is 0 Å². The minimum Gasteiger partial charge on any atom is -0.480 e. The number of nitrogens with one attached hydrogen (secondary N) is 1. The lowest BCUT2D eigenvalue weighted by atomic mass is 10.1. The summed E-state index contributed by atoms with van der Waals surface area (Å²) in [6.45, 7) is 2.39. The van der Waals surface area contributed by atoms with Crippen molar-refractivity contribution >= 4 is 18.0 Å². The number of amides is 2. The fraction of sp³-hybridized carbons (Fsp3) is 0.750. The monoisotopic (exact) mass is 272 g/mol. The van der Waals surface area contributed by atoms with Crippen molar-refractivity contribution in [3.63, 3.8) is 0 Å². The zero-order valence-corrected chi connectivity index (χ0v) is 11.2. The number of hydrogen-bond donors (Lipinski definition) is 2. The van der Waals surface area contributed by atoms with E-state index in [0.717, 1.165) is 12.8 Å². The number of hydrogen-bond acceptors (Lipinski definition) is 4. The average Bonchev–Trinajstić information content (AvgIpc) is 3.18. The largest absolute Gasteiger partial charge is 0.480 e. The molecule has 0 radical (unpaired) electrons. The molecule has 7 heteroatoms. The summed E-state index contributed by atoms with van der Waals surface area (Å²) in [5, 5.41) is 11.5. The molecule has 0 aromatic heterocycles. The molecule has 1 aliphatic carbocycles. The highest BCUT2D eigenvalue weighted by atomic mass is 16.5. The molecule has 1 atom stereocenters. The number of ether oxygens (including phenoxy) is 1. The second-order valence-electron chi connectivity index (χ2n) is 4.47. The highest BCUT2D eigenvalue weighted by molar-refractivity contribution is 5.83. The van der Waals surface area contributed by atoms with Gasteiger partial charge in [-0.1, -0.05) is 0 Å². The molecule has 0 aromatic rings. The van der Waals surface area contributed by atoms with E-state index in [1.807, 2.05) is 6.92 Å². The van der Waals surface area contributed by atoms with Gasteiger partial charge in [0.1, 0.15) is 6.04 Å². The molecule has 108 valence electrons. The van der Waals surface area contributed by atoms with Crippen molar-refractivity contribution in [2.24, 2.45) is 0 Å². The Morgan fingerprint density at radius 1 is 1.42 bits per heavy atom. The van der Waals surface area contributed by atoms with E-state index >= 15 is 0 Å². The second-order valence-corrected chi connectivity index (χ2v) is 4.47. The summed E-state index contributed by atoms with van der Waals surface area (Å²) < 4.78 is 4.45. The van der Waals surface area contributed by atoms with E-state index in [2.05, 4.69) is 10.1 Å². The molecule has 0 heterocycles. The van der Waals surface area contributed by atoms with Gasteiger partial charge in [0.15, 0.2) is 0 Å². The van der Waals surface area contributed by atoms with Gasteiger partial charge in [0, 0.05) is 19.0 Å². The smallest absolute Gasteiger partial charge is 0.326 e. The first-order valence-electron chi connectivity index (χ1n) is 6.36. The van der Waals surface area contributed by atoms with Gasteiger partial charge in [-0.25, -0.2) is 9.59 Å². The molecule has 2 N–H and O–H groups in total. The zero-order valence-electron chi connectivity index (χ0n) is 11.2. The molecule has 1 fully saturated rings. The molecule has 1 saturated carbocycles. The summed E-state index contributed by atoms with van der Waals surface area (Å²) >= 11 is 0. The Labute approximate surface area is 111 Å². The zero-order chi connectivity index (χ0) is 14.4. The van der Waals surface area contributed by atoms with Gasteiger partial charge in [-0.2, -0.15) is 0 Å². The first-order chi connectivity index (χ1) is 8.99. The number of carboxylic acid groups (broad SMARTS) is 1. The average molecular weight is 272 g/mol. The standard InChI is InChI=1S/C12H20N2O5/c1-3-14(8-4-5-8)12(18)13-9(11(16)17)6-7-10(15)19-2/h8-9H,3-7H2,1-2H3,(H,13,18)(H,16,17)/t9-/m1/s1. The minimum atomic E-state index is -1.15. The first-order valence-corrected chi connectivity index (χ1v) is 6.36. The Balaban J connectivity index is 2.49. The Kier molecular flexibility index (Phi) is 5.59. The van der Waals surface area contributed by atoms with Crippen LogP contribution in [0.2, 0.25) is 0 Å². The maximum Gasteiger partial charge on any atom is 0.326 e. The van der Waals surface area contributed by atoms with E-state index in [1.165, 1.54) is 7.11 Å². The minimum absolute atomic E-state index is 0.0238. The molecular weight excluding hydrogens is 252 g/mol. The highest BCUT2D eigenvalue weighted by Gasteiger charge is 2.33. The van der Waals surface area contributed by atoms with Gasteiger partial charge in [-0.3, -0.25) is 4.79 Å². The summed E-state index contributed by atoms with van der Waals surface area (Å²) in [5.41, 5.74) is 0. The number of esters is 1. The molecule has 19 heavy (non-hydrogen) atoms. The fourth-order valence-corrected chi connectivity index (χ4v) is 1.81. The van der Waals surface area contributed by atoms with Crippen LogP contribution in [0.3, 0.4) is 0 Å². The van der Waals surface area contributed by atoms with E-state index < -0.39 is 18.0 Å². The SMILES string of the molecule is CCN(C(=O)N[C@H](CCC(=O)OC)C(=O)O)C1CC1. The summed E-state index contributed by atoms with van der Waals surface area (Å²) in [7, 11) is 1.24. The number of rotatable bonds is 7. The third-order valence-corrected chi connectivity index (χ3v) is 3.05. The predicted molar refractivity (Wildman–Crippen MR) is 66.6 cm³/mol. The van der Waals surface area contributed by atoms with Crippen LogP contribution >= 0.6 is 0 Å². The second kappa shape index (κ2) is 6.96. The quantitative estimate of drug-likeness (QED) is 0.661. The van der Waals surface area contributed by atoms with Gasteiger partial charge < -0.3 is 20.1 Å². The van der Waals surface area contributed by atoms with Gasteiger partial charge in [-0.05, 0) is 26.2 Å². The number of carboxylic acids is 1. The Morgan fingerprint density at radius 3 is 2.47 bits per heavy atom. The molecule has 7 nitrogen and oxygen atoms in total. The third-order valence-electron chi connectivity index (χ3n) is 3.05. The molecule has 1 rings (SSSR count). The molecule has 1 aliphatic rings. The number of methoxy groups -OCH3 is 1. The van der Waals surface area contributed by atoms with Gasteiger partial charge in [0.25, 0.3) is 0 Å². The van der Waals surface area contributed by atoms with Crippen LogP contribution in [0, 0.1) is 0 Å². The van der Waals surface area contributed by atoms with E-state index in [4.69, 9.17) is 5.11 Å². The summed E-state index contributed by atoms with van der Waals surface area (Å²) in [6, 6.07) is -1.23. The number of urea groups is 1. The third kappa shape index (κ3) is 4.76. The first kappa shape index (κ1) is 15.3. The van der Waals surface area contributed by atoms with E-state index in [-0.39, 0.29) is 24.9 Å². The Morgan fingerprint density at radius 2 is 2.05 bits per heavy atom. The van der Waals surface area contributed by atoms with E-state index in [0.29, 0.717) is 6.54 Å². The molecule has 0 spiro atoms. The lowest BCUT2D eigenvalue weighted by Gasteiger charge is -2.23. The number of aliphatic carboxylic acids is 1. The summed E-state index contributed by atoms with van der Waals surface area (Å²) in [5.74, 6) is -1.64. The van der Waals surface area contributed by atoms with Crippen LogP contribution in [0.1, 0.15) is 32.6 Å². The number of carbonyl (C=O) groups excluding carboxylic acids is 2. The summed E-state index contributed by atoms with van der Waals surface area (Å²) in [4.78, 5) is 35.6. The number of nitrogens with zero attached hydrogens (tertiary/aromatic N) is 1. The van der Waals surface area contributed by atoms with Crippen LogP contribution in [0.4, 0.5) is 4.79 Å². The molecule has 0 aromatic carbocycles. The predicted octanol–water partition coefficient (Wildman–Crippen LogP) is 0.587. The Hall–Kier alpha value is -1.79. The van der Waals surface area contributed by atoms with Crippen LogP contribution in [-0.2, 0) is 14.3 Å². The van der Waals surface area contributed by atoms with Crippen molar-refractivity contribution in [1.29, 1.82) is 0 Å². The molecule has 2 amide bonds. The van der Waals surface area contributed by atoms with Crippen LogP contribution < -0.4 is 5.32 Å². The molecular formula is C12H20N2O5. The summed E-state index contributed by atoms with van der Waals surface area (Å²) in [6.07, 6.45) is 1.90. The molecule has 0 bridgehead atoms. The van der Waals surface area contributed by atoms with Crippen LogP contribution in [-0.4, -0.2) is 53.7 Å². The fourth-order valence-electron chi connectivity index (χ4n) is 1.81. The van der Waals surface area contributed by atoms with Gasteiger partial charge in [0.2, 0.25) is 0 Å². The van der Waals surface area contributed by atoms with Crippen molar-refractivity contribution in [2.45, 2.75) is 44.7 Å². The van der Waals surface area contributed by atoms with Crippen molar-refractivity contribution in [1.82, 2.24) is 10.2 Å². The Bertz CT molecular complexity index is 354. The van der Waals surface area contributed by atoms with Gasteiger partial charge >= 0.3 is 18.0 Å². The van der Waals surface area contributed by atoms with Crippen LogP contribution in [0.15, 0.2) is 0 Å². The van der Waals surface area contributed by atoms with Crippen molar-refractivity contribution in [3.8, 4) is 0 Å².